The van der Waals surface area contributed by atoms with Gasteiger partial charge < -0.3 is 0 Å². The van der Waals surface area contributed by atoms with Crippen LogP contribution < -0.4 is 0 Å². The lowest BCUT2D eigenvalue weighted by molar-refractivity contribution is 0.229. The average Bonchev–Trinajstić information content (AvgIpc) is 2.50. The van der Waals surface area contributed by atoms with E-state index in [-0.39, 0.29) is 0 Å². The van der Waals surface area contributed by atoms with E-state index in [1.807, 2.05) is 0 Å². The summed E-state index contributed by atoms with van der Waals surface area (Å²) in [6.07, 6.45) is 12.7. The molecule has 1 heterocycles. The van der Waals surface area contributed by atoms with E-state index in [1.54, 1.807) is 0 Å². The van der Waals surface area contributed by atoms with Crippen LogP contribution in [0.25, 0.3) is 0 Å². The van der Waals surface area contributed by atoms with Gasteiger partial charge in [0.2, 0.25) is 0 Å². The predicted molar refractivity (Wildman–Crippen MR) is 81.0 cm³/mol. The van der Waals surface area contributed by atoms with Crippen LogP contribution in [0.5, 0.6) is 0 Å². The maximum absolute atomic E-state index is 2.60. The van der Waals surface area contributed by atoms with Crippen LogP contribution in [0.3, 0.4) is 0 Å². The number of nitrogens with zero attached hydrogens (tertiary/aromatic N) is 1. The first-order chi connectivity index (χ1) is 9.42. The fourth-order valence-electron chi connectivity index (χ4n) is 3.08. The molecular weight excluding hydrogens is 230 g/mol. The highest BCUT2D eigenvalue weighted by atomic mass is 15.1. The Morgan fingerprint density at radius 1 is 1.05 bits per heavy atom. The van der Waals surface area contributed by atoms with Crippen LogP contribution in [0, 0.1) is 6.42 Å². The molecule has 1 nitrogen and oxygen atoms in total. The zero-order valence-corrected chi connectivity index (χ0v) is 11.5. The fraction of sp³-hybridized carbons (Fsp3) is 0.389. The first kappa shape index (κ1) is 12.7. The molecule has 0 unspecified atom stereocenters. The molecule has 0 aromatic heterocycles. The summed E-state index contributed by atoms with van der Waals surface area (Å²) < 4.78 is 0. The van der Waals surface area contributed by atoms with Crippen molar-refractivity contribution in [3.8, 4) is 0 Å². The summed E-state index contributed by atoms with van der Waals surface area (Å²) in [4.78, 5) is 2.60. The molecule has 1 aliphatic carbocycles. The third-order valence-corrected chi connectivity index (χ3v) is 4.23. The molecular formula is C18H22N. The second-order valence-corrected chi connectivity index (χ2v) is 5.57. The Morgan fingerprint density at radius 2 is 1.84 bits per heavy atom. The summed E-state index contributed by atoms with van der Waals surface area (Å²) in [5.74, 6) is 0.765. The molecule has 2 aliphatic rings. The highest BCUT2D eigenvalue weighted by Gasteiger charge is 2.20. The molecule has 1 radical (unpaired) electrons. The molecule has 0 atom stereocenters. The van der Waals surface area contributed by atoms with Crippen LogP contribution >= 0.6 is 0 Å². The maximum atomic E-state index is 2.60. The normalized spacial score (nSPS) is 21.4. The number of piperidine rings is 1. The van der Waals surface area contributed by atoms with Gasteiger partial charge in [-0.05, 0) is 55.8 Å². The number of rotatable bonds is 3. The summed E-state index contributed by atoms with van der Waals surface area (Å²) in [6.45, 7) is 3.59. The summed E-state index contributed by atoms with van der Waals surface area (Å²) in [6, 6.07) is 11.0. The summed E-state index contributed by atoms with van der Waals surface area (Å²) in [7, 11) is 0. The molecule has 19 heavy (non-hydrogen) atoms. The molecule has 0 N–H and O–H groups in total. The van der Waals surface area contributed by atoms with E-state index in [2.05, 4.69) is 59.9 Å². The molecule has 1 aromatic carbocycles. The van der Waals surface area contributed by atoms with Crippen LogP contribution in [0.4, 0.5) is 0 Å². The third-order valence-electron chi connectivity index (χ3n) is 4.23. The van der Waals surface area contributed by atoms with E-state index in [9.17, 15) is 0 Å². The molecule has 1 fully saturated rings. The van der Waals surface area contributed by atoms with Gasteiger partial charge in [-0.1, -0.05) is 48.6 Å². The minimum Gasteiger partial charge on any atom is -0.299 e. The maximum Gasteiger partial charge on any atom is 0.0230 e. The Balaban J connectivity index is 1.52. The summed E-state index contributed by atoms with van der Waals surface area (Å²) in [5.41, 5.74) is 3.01. The van der Waals surface area contributed by atoms with Crippen LogP contribution in [0.1, 0.15) is 30.7 Å². The lowest BCUT2D eigenvalue weighted by Gasteiger charge is -2.32. The number of allylic oxidation sites excluding steroid dienone is 2. The van der Waals surface area contributed by atoms with E-state index in [1.165, 1.54) is 37.1 Å². The van der Waals surface area contributed by atoms with Crippen molar-refractivity contribution in [3.05, 3.63) is 66.1 Å². The van der Waals surface area contributed by atoms with Crippen molar-refractivity contribution >= 4 is 0 Å². The average molecular weight is 252 g/mol. The number of hydrogen-bond donors (Lipinski definition) is 0. The van der Waals surface area contributed by atoms with Crippen LogP contribution in [-0.2, 0) is 0 Å². The van der Waals surface area contributed by atoms with Crippen molar-refractivity contribution in [2.75, 3.05) is 19.6 Å². The Kier molecular flexibility index (Phi) is 4.14. The van der Waals surface area contributed by atoms with Gasteiger partial charge in [-0.3, -0.25) is 4.90 Å². The number of benzene rings is 1. The van der Waals surface area contributed by atoms with E-state index in [0.717, 1.165) is 18.9 Å². The highest BCUT2D eigenvalue weighted by Crippen LogP contribution is 2.28. The van der Waals surface area contributed by atoms with Crippen molar-refractivity contribution in [1.82, 2.24) is 4.90 Å². The Morgan fingerprint density at radius 3 is 2.53 bits per heavy atom. The molecule has 0 spiro atoms. The first-order valence-corrected chi connectivity index (χ1v) is 7.38. The van der Waals surface area contributed by atoms with Gasteiger partial charge in [-0.25, -0.2) is 0 Å². The SMILES string of the molecule is [CH]1C=CC(CN2CCC(c3ccccc3)CC2)=CC1. The largest absolute Gasteiger partial charge is 0.299 e. The molecule has 3 rings (SSSR count). The second-order valence-electron chi connectivity index (χ2n) is 5.57. The fourth-order valence-corrected chi connectivity index (χ4v) is 3.08. The lowest BCUT2D eigenvalue weighted by Crippen LogP contribution is -2.34. The molecule has 1 saturated heterocycles. The van der Waals surface area contributed by atoms with E-state index in [4.69, 9.17) is 0 Å². The van der Waals surface area contributed by atoms with Gasteiger partial charge in [-0.2, -0.15) is 0 Å². The third kappa shape index (κ3) is 3.36. The van der Waals surface area contributed by atoms with Gasteiger partial charge in [-0.15, -0.1) is 0 Å². The highest BCUT2D eigenvalue weighted by molar-refractivity contribution is 5.28. The van der Waals surface area contributed by atoms with Crippen molar-refractivity contribution in [2.24, 2.45) is 0 Å². The number of hydrogen-bond acceptors (Lipinski definition) is 1. The van der Waals surface area contributed by atoms with Crippen molar-refractivity contribution in [1.29, 1.82) is 0 Å². The van der Waals surface area contributed by atoms with Crippen LogP contribution in [0.15, 0.2) is 54.1 Å². The quantitative estimate of drug-likeness (QED) is 0.787. The van der Waals surface area contributed by atoms with Gasteiger partial charge in [0, 0.05) is 6.54 Å². The van der Waals surface area contributed by atoms with E-state index in [0.29, 0.717) is 0 Å². The van der Waals surface area contributed by atoms with Crippen LogP contribution in [0.2, 0.25) is 0 Å². The van der Waals surface area contributed by atoms with Gasteiger partial charge in [0.1, 0.15) is 0 Å². The molecule has 0 amide bonds. The summed E-state index contributed by atoms with van der Waals surface area (Å²) in [5, 5.41) is 0. The zero-order chi connectivity index (χ0) is 12.9. The van der Waals surface area contributed by atoms with Crippen molar-refractivity contribution < 1.29 is 0 Å². The molecule has 1 aromatic rings. The standard InChI is InChI=1S/C18H22N/c1-3-7-16(8-4-1)15-19-13-11-18(12-14-19)17-9-5-2-6-10-17/h1-3,5-10,18H,4,11-15H2. The molecule has 99 valence electrons. The van der Waals surface area contributed by atoms with Gasteiger partial charge in [0.05, 0.1) is 0 Å². The first-order valence-electron chi connectivity index (χ1n) is 7.38. The van der Waals surface area contributed by atoms with Crippen molar-refractivity contribution in [2.45, 2.75) is 25.2 Å². The minimum atomic E-state index is 0.765. The smallest absolute Gasteiger partial charge is 0.0230 e. The van der Waals surface area contributed by atoms with Gasteiger partial charge in [0.15, 0.2) is 0 Å². The Labute approximate surface area is 116 Å². The minimum absolute atomic E-state index is 0.765. The summed E-state index contributed by atoms with van der Waals surface area (Å²) >= 11 is 0. The second kappa shape index (κ2) is 6.21. The number of likely N-dealkylation sites (tertiary alicyclic amines) is 1. The predicted octanol–water partition coefficient (Wildman–Crippen LogP) is 3.96. The van der Waals surface area contributed by atoms with E-state index < -0.39 is 0 Å². The van der Waals surface area contributed by atoms with E-state index >= 15 is 0 Å². The molecule has 0 bridgehead atoms. The molecule has 1 heteroatoms. The molecule has 1 aliphatic heterocycles. The van der Waals surface area contributed by atoms with Crippen LogP contribution in [-0.4, -0.2) is 24.5 Å². The Hall–Kier alpha value is -1.34. The Bertz CT molecular complexity index is 450. The lowest BCUT2D eigenvalue weighted by atomic mass is 9.89. The van der Waals surface area contributed by atoms with Gasteiger partial charge >= 0.3 is 0 Å². The zero-order valence-electron chi connectivity index (χ0n) is 11.5. The van der Waals surface area contributed by atoms with Crippen molar-refractivity contribution in [3.63, 3.8) is 0 Å². The van der Waals surface area contributed by atoms with Gasteiger partial charge in [0.25, 0.3) is 0 Å². The topological polar surface area (TPSA) is 3.24 Å². The monoisotopic (exact) mass is 252 g/mol. The molecule has 0 saturated carbocycles.